The van der Waals surface area contributed by atoms with Crippen molar-refractivity contribution in [2.75, 3.05) is 19.8 Å². The van der Waals surface area contributed by atoms with Crippen LogP contribution in [-0.2, 0) is 19.1 Å². The first-order valence-electron chi connectivity index (χ1n) is 13.0. The number of carbonyl (C=O) groups is 3. The van der Waals surface area contributed by atoms with E-state index < -0.39 is 28.7 Å². The molecule has 3 fully saturated rings. The molecular formula is C27H42N2O5S. The van der Waals surface area contributed by atoms with Crippen LogP contribution in [0.1, 0.15) is 59.8 Å². The number of ether oxygens (including phenoxy) is 1. The molecule has 0 aromatic heterocycles. The minimum absolute atomic E-state index is 0.0272. The third kappa shape index (κ3) is 4.93. The quantitative estimate of drug-likeness (QED) is 0.234. The number of likely N-dealkylation sites (tertiary alicyclic amines) is 1. The third-order valence-corrected chi connectivity index (χ3v) is 9.79. The van der Waals surface area contributed by atoms with Crippen LogP contribution in [0.3, 0.4) is 0 Å². The predicted octanol–water partition coefficient (Wildman–Crippen LogP) is 3.42. The van der Waals surface area contributed by atoms with E-state index >= 15 is 0 Å². The minimum atomic E-state index is -0.720. The van der Waals surface area contributed by atoms with Crippen LogP contribution in [0.15, 0.2) is 25.3 Å². The summed E-state index contributed by atoms with van der Waals surface area (Å²) >= 11 is 1.63. The number of thioether (sulfide) groups is 1. The molecule has 0 radical (unpaired) electrons. The number of nitrogens with zero attached hydrogens (tertiary/aromatic N) is 2. The molecule has 3 heterocycles. The van der Waals surface area contributed by atoms with Gasteiger partial charge in [0.25, 0.3) is 0 Å². The number of hydrogen-bond acceptors (Lipinski definition) is 6. The van der Waals surface area contributed by atoms with Crippen molar-refractivity contribution in [1.29, 1.82) is 0 Å². The molecule has 0 aromatic carbocycles. The summed E-state index contributed by atoms with van der Waals surface area (Å²) in [5.41, 5.74) is 0. The average Bonchev–Trinajstić information content (AvgIpc) is 3.45. The number of allylic oxidation sites excluding steroid dienone is 1. The smallest absolute Gasteiger partial charge is 0.310 e. The van der Waals surface area contributed by atoms with Crippen molar-refractivity contribution in [3.05, 3.63) is 25.3 Å². The molecule has 7 nitrogen and oxygen atoms in total. The molecule has 8 heteroatoms. The summed E-state index contributed by atoms with van der Waals surface area (Å²) in [4.78, 5) is 44.8. The van der Waals surface area contributed by atoms with Gasteiger partial charge in [-0.2, -0.15) is 0 Å². The van der Waals surface area contributed by atoms with Crippen molar-refractivity contribution in [1.82, 2.24) is 9.80 Å². The van der Waals surface area contributed by atoms with Crippen molar-refractivity contribution in [3.8, 4) is 0 Å². The molecule has 2 bridgehead atoms. The van der Waals surface area contributed by atoms with Gasteiger partial charge in [-0.05, 0) is 51.9 Å². The molecule has 3 aliphatic heterocycles. The summed E-state index contributed by atoms with van der Waals surface area (Å²) in [6.45, 7) is 15.8. The average molecular weight is 507 g/mol. The Balaban J connectivity index is 1.97. The maximum Gasteiger partial charge on any atom is 0.310 e. The lowest BCUT2D eigenvalue weighted by atomic mass is 9.71. The third-order valence-electron chi connectivity index (χ3n) is 7.84. The first kappa shape index (κ1) is 27.8. The summed E-state index contributed by atoms with van der Waals surface area (Å²) in [6, 6.07) is -1.29. The fourth-order valence-electron chi connectivity index (χ4n) is 6.13. The van der Waals surface area contributed by atoms with Gasteiger partial charge in [0, 0.05) is 17.8 Å². The van der Waals surface area contributed by atoms with Crippen LogP contribution < -0.4 is 0 Å². The Labute approximate surface area is 214 Å². The Kier molecular flexibility index (Phi) is 9.13. The molecular weight excluding hydrogens is 464 g/mol. The van der Waals surface area contributed by atoms with Crippen LogP contribution in [0.2, 0.25) is 0 Å². The van der Waals surface area contributed by atoms with Crippen LogP contribution in [0.4, 0.5) is 0 Å². The number of amides is 2. The molecule has 2 unspecified atom stereocenters. The molecule has 35 heavy (non-hydrogen) atoms. The largest absolute Gasteiger partial charge is 0.465 e. The SMILES string of the molecule is C=CCCCCOC(=O)[C@@H]1[C@@H]2CCC3(S2)C(C(=O)N(CC=C)C(C)C)N([C@@H](CO)C(C)C)C(=O)[C@H]13. The van der Waals surface area contributed by atoms with Crippen LogP contribution in [0, 0.1) is 17.8 Å². The Morgan fingerprint density at radius 1 is 1.26 bits per heavy atom. The first-order chi connectivity index (χ1) is 16.7. The van der Waals surface area contributed by atoms with Crippen LogP contribution in [0.25, 0.3) is 0 Å². The van der Waals surface area contributed by atoms with E-state index in [9.17, 15) is 19.5 Å². The second-order valence-corrected chi connectivity index (χ2v) is 12.2. The van der Waals surface area contributed by atoms with Crippen molar-refractivity contribution >= 4 is 29.5 Å². The predicted molar refractivity (Wildman–Crippen MR) is 139 cm³/mol. The summed E-state index contributed by atoms with van der Waals surface area (Å²) in [7, 11) is 0. The van der Waals surface area contributed by atoms with Crippen molar-refractivity contribution in [2.24, 2.45) is 17.8 Å². The van der Waals surface area contributed by atoms with E-state index in [1.165, 1.54) is 0 Å². The zero-order valence-corrected chi connectivity index (χ0v) is 22.5. The number of aliphatic hydroxyl groups excluding tert-OH is 1. The zero-order chi connectivity index (χ0) is 25.9. The molecule has 2 amide bonds. The Morgan fingerprint density at radius 2 is 1.97 bits per heavy atom. The van der Waals surface area contributed by atoms with Crippen LogP contribution >= 0.6 is 11.8 Å². The maximum atomic E-state index is 14.1. The van der Waals surface area contributed by atoms with Crippen molar-refractivity contribution < 1.29 is 24.2 Å². The van der Waals surface area contributed by atoms with Gasteiger partial charge in [0.1, 0.15) is 6.04 Å². The van der Waals surface area contributed by atoms with Gasteiger partial charge in [-0.1, -0.05) is 26.0 Å². The molecule has 0 aromatic rings. The number of carbonyl (C=O) groups excluding carboxylic acids is 3. The van der Waals surface area contributed by atoms with E-state index in [-0.39, 0.29) is 41.6 Å². The number of hydrogen-bond donors (Lipinski definition) is 1. The fourth-order valence-corrected chi connectivity index (χ4v) is 8.31. The van der Waals surface area contributed by atoms with Gasteiger partial charge in [0.05, 0.1) is 35.8 Å². The second-order valence-electron chi connectivity index (χ2n) is 10.6. The second kappa shape index (κ2) is 11.5. The summed E-state index contributed by atoms with van der Waals surface area (Å²) in [6.07, 6.45) is 7.55. The van der Waals surface area contributed by atoms with Crippen molar-refractivity contribution in [3.63, 3.8) is 0 Å². The lowest BCUT2D eigenvalue weighted by Crippen LogP contribution is -2.59. The first-order valence-corrected chi connectivity index (χ1v) is 13.8. The van der Waals surface area contributed by atoms with E-state index in [0.29, 0.717) is 19.6 Å². The number of fused-ring (bicyclic) bond motifs is 1. The Morgan fingerprint density at radius 3 is 2.54 bits per heavy atom. The highest BCUT2D eigenvalue weighted by Gasteiger charge is 2.75. The summed E-state index contributed by atoms with van der Waals surface area (Å²) < 4.78 is 4.97. The minimum Gasteiger partial charge on any atom is -0.465 e. The fraction of sp³-hybridized carbons (Fsp3) is 0.741. The van der Waals surface area contributed by atoms with E-state index in [4.69, 9.17) is 4.74 Å². The number of aliphatic hydroxyl groups is 1. The van der Waals surface area contributed by atoms with Gasteiger partial charge in [0.2, 0.25) is 11.8 Å². The normalized spacial score (nSPS) is 30.0. The molecule has 1 N–H and O–H groups in total. The van der Waals surface area contributed by atoms with E-state index in [2.05, 4.69) is 13.2 Å². The van der Waals surface area contributed by atoms with Gasteiger partial charge in [-0.25, -0.2) is 0 Å². The number of esters is 1. The molecule has 196 valence electrons. The van der Waals surface area contributed by atoms with Crippen LogP contribution in [0.5, 0.6) is 0 Å². The number of unbranched alkanes of at least 4 members (excludes halogenated alkanes) is 2. The van der Waals surface area contributed by atoms with Gasteiger partial charge in [-0.3, -0.25) is 14.4 Å². The molecule has 6 atom stereocenters. The van der Waals surface area contributed by atoms with Crippen molar-refractivity contribution in [2.45, 2.75) is 87.9 Å². The topological polar surface area (TPSA) is 87.2 Å². The van der Waals surface area contributed by atoms with Gasteiger partial charge in [-0.15, -0.1) is 24.9 Å². The molecule has 0 saturated carbocycles. The molecule has 3 saturated heterocycles. The van der Waals surface area contributed by atoms with E-state index in [0.717, 1.165) is 25.7 Å². The van der Waals surface area contributed by atoms with E-state index in [1.807, 2.05) is 33.8 Å². The van der Waals surface area contributed by atoms with Gasteiger partial charge >= 0.3 is 5.97 Å². The lowest BCUT2D eigenvalue weighted by molar-refractivity contribution is -0.155. The Hall–Kier alpha value is -1.80. The van der Waals surface area contributed by atoms with Gasteiger partial charge in [0.15, 0.2) is 0 Å². The molecule has 3 aliphatic rings. The zero-order valence-electron chi connectivity index (χ0n) is 21.7. The highest BCUT2D eigenvalue weighted by atomic mass is 32.2. The summed E-state index contributed by atoms with van der Waals surface area (Å²) in [5.74, 6) is -1.85. The summed E-state index contributed by atoms with van der Waals surface area (Å²) in [5, 5.41) is 10.3. The Bertz CT molecular complexity index is 830. The highest BCUT2D eigenvalue weighted by Crippen LogP contribution is 2.67. The van der Waals surface area contributed by atoms with Crippen LogP contribution in [-0.4, -0.2) is 80.6 Å². The number of rotatable bonds is 13. The molecule has 1 spiro atoms. The molecule has 3 rings (SSSR count). The monoisotopic (exact) mass is 506 g/mol. The van der Waals surface area contributed by atoms with E-state index in [1.54, 1.807) is 27.6 Å². The lowest BCUT2D eigenvalue weighted by Gasteiger charge is -2.41. The standard InChI is InChI=1S/C27H42N2O5S/c1-7-9-10-11-15-34-26(33)21-20-12-13-27(35-20)22(21)24(31)29(19(16-30)17(3)4)23(27)25(32)28(14-8-2)18(5)6/h7-8,17-23,30H,1-2,9-16H2,3-6H3/t19-,20-,21+,22-,23?,27?/m0/s1. The highest BCUT2D eigenvalue weighted by molar-refractivity contribution is 8.02. The van der Waals surface area contributed by atoms with Gasteiger partial charge < -0.3 is 19.6 Å². The molecule has 0 aliphatic carbocycles. The maximum absolute atomic E-state index is 14.1.